The van der Waals surface area contributed by atoms with Crippen LogP contribution in [0, 0.1) is 12.3 Å². The summed E-state index contributed by atoms with van der Waals surface area (Å²) in [6.07, 6.45) is 1.87. The highest BCUT2D eigenvalue weighted by molar-refractivity contribution is 5.94. The van der Waals surface area contributed by atoms with E-state index >= 15 is 0 Å². The number of nitrogens with one attached hydrogen (secondary N) is 2. The van der Waals surface area contributed by atoms with Crippen LogP contribution < -0.4 is 15.4 Å². The molecule has 1 aliphatic heterocycles. The van der Waals surface area contributed by atoms with Gasteiger partial charge in [0.15, 0.2) is 11.5 Å². The summed E-state index contributed by atoms with van der Waals surface area (Å²) in [4.78, 5) is 40.7. The van der Waals surface area contributed by atoms with Gasteiger partial charge in [-0.15, -0.1) is 0 Å². The molecule has 2 N–H and O–H groups in total. The molecule has 1 fully saturated rings. The second-order valence-corrected chi connectivity index (χ2v) is 10.4. The zero-order valence-electron chi connectivity index (χ0n) is 21.7. The van der Waals surface area contributed by atoms with Gasteiger partial charge >= 0.3 is 6.09 Å². The van der Waals surface area contributed by atoms with Gasteiger partial charge in [-0.3, -0.25) is 9.59 Å². The van der Waals surface area contributed by atoms with E-state index < -0.39 is 30.2 Å². The molecule has 2 amide bonds. The molecule has 2 heterocycles. The second kappa shape index (κ2) is 12.2. The van der Waals surface area contributed by atoms with Gasteiger partial charge in [0.2, 0.25) is 5.91 Å². The van der Waals surface area contributed by atoms with Crippen molar-refractivity contribution in [2.45, 2.75) is 58.2 Å². The van der Waals surface area contributed by atoms with E-state index in [-0.39, 0.29) is 23.6 Å². The van der Waals surface area contributed by atoms with E-state index in [1.165, 1.54) is 12.3 Å². The van der Waals surface area contributed by atoms with Crippen molar-refractivity contribution >= 4 is 17.8 Å². The molecule has 36 heavy (non-hydrogen) atoms. The first-order valence-corrected chi connectivity index (χ1v) is 12.2. The number of carbonyl (C=O) groups is 3. The summed E-state index contributed by atoms with van der Waals surface area (Å²) in [6, 6.07) is 9.81. The molecule has 3 rings (SSSR count). The number of amides is 2. The quantitative estimate of drug-likeness (QED) is 0.489. The van der Waals surface area contributed by atoms with Gasteiger partial charge in [-0.2, -0.15) is 0 Å². The van der Waals surface area contributed by atoms with Gasteiger partial charge in [-0.05, 0) is 51.3 Å². The largest absolute Gasteiger partial charge is 0.466 e. The summed E-state index contributed by atoms with van der Waals surface area (Å²) < 4.78 is 16.2. The number of ketones is 1. The van der Waals surface area contributed by atoms with Crippen LogP contribution in [-0.2, 0) is 20.7 Å². The first kappa shape index (κ1) is 27.4. The lowest BCUT2D eigenvalue weighted by atomic mass is 9.80. The molecule has 0 saturated carbocycles. The summed E-state index contributed by atoms with van der Waals surface area (Å²) in [6.45, 7) is 6.43. The number of Topliss-reactive ketones (excluding diaryl/α,β-unsaturated/α-hetero) is 1. The van der Waals surface area contributed by atoms with Crippen LogP contribution in [0.4, 0.5) is 4.79 Å². The molecule has 1 aromatic heterocycles. The Morgan fingerprint density at radius 3 is 2.56 bits per heavy atom. The van der Waals surface area contributed by atoms with Crippen molar-refractivity contribution in [3.63, 3.8) is 0 Å². The monoisotopic (exact) mass is 499 g/mol. The molecule has 3 atom stereocenters. The average Bonchev–Trinajstić information content (AvgIpc) is 3.36. The molecule has 1 aliphatic rings. The SMILES string of the molecule is Cc1occc1OC(=O)N[C@@H](CC(C)(C)Cc1ccccc1)C(=O)NC1C(=O)COC1CCN(C)C. The fraction of sp³-hybridized carbons (Fsp3) is 0.519. The predicted molar refractivity (Wildman–Crippen MR) is 135 cm³/mol. The molecule has 0 aliphatic carbocycles. The minimum absolute atomic E-state index is 0.0392. The molecular weight excluding hydrogens is 462 g/mol. The Balaban J connectivity index is 1.73. The van der Waals surface area contributed by atoms with Gasteiger partial charge in [0, 0.05) is 12.6 Å². The fourth-order valence-corrected chi connectivity index (χ4v) is 4.38. The van der Waals surface area contributed by atoms with Crippen LogP contribution >= 0.6 is 0 Å². The van der Waals surface area contributed by atoms with Crippen molar-refractivity contribution in [3.8, 4) is 5.75 Å². The summed E-state index contributed by atoms with van der Waals surface area (Å²) in [5.41, 5.74) is 0.782. The Labute approximate surface area is 212 Å². The minimum atomic E-state index is -0.925. The van der Waals surface area contributed by atoms with Crippen LogP contribution in [0.3, 0.4) is 0 Å². The molecule has 9 nitrogen and oxygen atoms in total. The molecule has 0 spiro atoms. The average molecular weight is 500 g/mol. The summed E-state index contributed by atoms with van der Waals surface area (Å²) in [5, 5.41) is 5.55. The predicted octanol–water partition coefficient (Wildman–Crippen LogP) is 3.11. The topological polar surface area (TPSA) is 110 Å². The Bertz CT molecular complexity index is 1030. The molecule has 196 valence electrons. The number of benzene rings is 1. The van der Waals surface area contributed by atoms with Crippen molar-refractivity contribution < 1.29 is 28.3 Å². The summed E-state index contributed by atoms with van der Waals surface area (Å²) >= 11 is 0. The summed E-state index contributed by atoms with van der Waals surface area (Å²) in [5.74, 6) is 0.105. The highest BCUT2D eigenvalue weighted by atomic mass is 16.6. The van der Waals surface area contributed by atoms with E-state index in [0.29, 0.717) is 31.6 Å². The molecule has 0 bridgehead atoms. The van der Waals surface area contributed by atoms with Crippen LogP contribution in [0.2, 0.25) is 0 Å². The number of aryl methyl sites for hydroxylation is 1. The lowest BCUT2D eigenvalue weighted by Crippen LogP contribution is -2.55. The van der Waals surface area contributed by atoms with Gasteiger partial charge in [0.05, 0.1) is 12.4 Å². The van der Waals surface area contributed by atoms with Crippen LogP contribution in [0.1, 0.15) is 38.0 Å². The molecule has 0 radical (unpaired) electrons. The molecule has 2 unspecified atom stereocenters. The maximum absolute atomic E-state index is 13.4. The van der Waals surface area contributed by atoms with E-state index in [9.17, 15) is 14.4 Å². The van der Waals surface area contributed by atoms with Crippen LogP contribution in [0.5, 0.6) is 5.75 Å². The van der Waals surface area contributed by atoms with Crippen LogP contribution in [0.15, 0.2) is 47.1 Å². The van der Waals surface area contributed by atoms with Gasteiger partial charge in [-0.25, -0.2) is 4.79 Å². The van der Waals surface area contributed by atoms with E-state index in [0.717, 1.165) is 5.56 Å². The van der Waals surface area contributed by atoms with Crippen molar-refractivity contribution in [3.05, 3.63) is 54.0 Å². The first-order chi connectivity index (χ1) is 17.0. The third-order valence-corrected chi connectivity index (χ3v) is 6.22. The number of ether oxygens (including phenoxy) is 2. The Morgan fingerprint density at radius 2 is 1.92 bits per heavy atom. The van der Waals surface area contributed by atoms with Gasteiger partial charge in [0.1, 0.15) is 24.5 Å². The molecule has 1 aromatic carbocycles. The summed E-state index contributed by atoms with van der Waals surface area (Å²) in [7, 11) is 3.87. The smallest absolute Gasteiger partial charge is 0.413 e. The van der Waals surface area contributed by atoms with Crippen molar-refractivity contribution in [1.82, 2.24) is 15.5 Å². The maximum atomic E-state index is 13.4. The number of carbonyl (C=O) groups excluding carboxylic acids is 3. The second-order valence-electron chi connectivity index (χ2n) is 10.4. The van der Waals surface area contributed by atoms with Gasteiger partial charge in [0.25, 0.3) is 0 Å². The Hall–Kier alpha value is -3.17. The van der Waals surface area contributed by atoms with Crippen molar-refractivity contribution in [1.29, 1.82) is 0 Å². The van der Waals surface area contributed by atoms with E-state index in [2.05, 4.69) is 10.6 Å². The zero-order chi connectivity index (χ0) is 26.3. The highest BCUT2D eigenvalue weighted by Crippen LogP contribution is 2.28. The van der Waals surface area contributed by atoms with Crippen LogP contribution in [-0.4, -0.2) is 68.1 Å². The first-order valence-electron chi connectivity index (χ1n) is 12.2. The van der Waals surface area contributed by atoms with Crippen molar-refractivity contribution in [2.75, 3.05) is 27.2 Å². The highest BCUT2D eigenvalue weighted by Gasteiger charge is 2.39. The number of nitrogens with zero attached hydrogens (tertiary/aromatic N) is 1. The fourth-order valence-electron chi connectivity index (χ4n) is 4.38. The number of hydrogen-bond donors (Lipinski definition) is 2. The molecule has 2 aromatic rings. The van der Waals surface area contributed by atoms with E-state index in [1.807, 2.05) is 63.2 Å². The lowest BCUT2D eigenvalue weighted by Gasteiger charge is -2.30. The molecule has 9 heteroatoms. The maximum Gasteiger partial charge on any atom is 0.413 e. The van der Waals surface area contributed by atoms with E-state index in [4.69, 9.17) is 13.9 Å². The normalized spacial score (nSPS) is 18.8. The third-order valence-electron chi connectivity index (χ3n) is 6.22. The lowest BCUT2D eigenvalue weighted by molar-refractivity contribution is -0.128. The third kappa shape index (κ3) is 7.93. The van der Waals surface area contributed by atoms with Gasteiger partial charge < -0.3 is 29.4 Å². The molecular formula is C27H37N3O6. The Morgan fingerprint density at radius 1 is 1.19 bits per heavy atom. The number of rotatable bonds is 11. The number of hydrogen-bond acceptors (Lipinski definition) is 7. The Kier molecular flexibility index (Phi) is 9.28. The van der Waals surface area contributed by atoms with E-state index in [1.54, 1.807) is 6.92 Å². The zero-order valence-corrected chi connectivity index (χ0v) is 21.7. The van der Waals surface area contributed by atoms with Crippen LogP contribution in [0.25, 0.3) is 0 Å². The molecule has 1 saturated heterocycles. The van der Waals surface area contributed by atoms with Crippen molar-refractivity contribution in [2.24, 2.45) is 5.41 Å². The number of furan rings is 1. The minimum Gasteiger partial charge on any atom is -0.466 e. The van der Waals surface area contributed by atoms with Gasteiger partial charge in [-0.1, -0.05) is 44.2 Å². The standard InChI is InChI=1S/C27H37N3O6/c1-18-22(12-14-34-18)36-26(33)28-20(16-27(2,3)15-19-9-7-6-8-10-19)25(32)29-24-21(31)17-35-23(24)11-13-30(4)5/h6-10,12,14,20,23-24H,11,13,15-17H2,1-5H3,(H,28,33)(H,29,32)/t20-,23?,24?/m0/s1.